The van der Waals surface area contributed by atoms with Crippen LogP contribution in [0.4, 0.5) is 0 Å². The van der Waals surface area contributed by atoms with Crippen LogP contribution in [-0.2, 0) is 37.3 Å². The summed E-state index contributed by atoms with van der Waals surface area (Å²) in [5.41, 5.74) is 0. The van der Waals surface area contributed by atoms with Crippen LogP contribution in [0.5, 0.6) is 0 Å². The Balaban J connectivity index is -0.000000125. The number of carboxylic acid groups (broad SMARTS) is 2. The third-order valence-electron chi connectivity index (χ3n) is 0.183. The minimum atomic E-state index is -1.82. The molecule has 0 aromatic carbocycles. The van der Waals surface area contributed by atoms with E-state index in [4.69, 9.17) is 19.8 Å². The van der Waals surface area contributed by atoms with Crippen LogP contribution in [0.25, 0.3) is 0 Å². The fourth-order valence-corrected chi connectivity index (χ4v) is 0. The summed E-state index contributed by atoms with van der Waals surface area (Å²) in [5.74, 6) is -3.65. The molecule has 0 spiro atoms. The van der Waals surface area contributed by atoms with E-state index in [9.17, 15) is 0 Å². The summed E-state index contributed by atoms with van der Waals surface area (Å²) in [4.78, 5) is 18.2. The molecular formula is C2H5HgNO4. The smallest absolute Gasteiger partial charge is 0.414 e. The molecule has 0 rings (SSSR count). The van der Waals surface area contributed by atoms with Crippen molar-refractivity contribution in [2.75, 3.05) is 0 Å². The number of rotatable bonds is 0. The maximum absolute atomic E-state index is 9.10. The van der Waals surface area contributed by atoms with Gasteiger partial charge in [-0.3, -0.25) is 0 Å². The first kappa shape index (κ1) is 15.7. The first-order chi connectivity index (χ1) is 2.64. The largest absolute Gasteiger partial charge is 0.473 e. The van der Waals surface area contributed by atoms with Gasteiger partial charge in [0.1, 0.15) is 0 Å². The van der Waals surface area contributed by atoms with Crippen LogP contribution in [0.1, 0.15) is 0 Å². The molecule has 0 aliphatic heterocycles. The molecule has 5 nitrogen and oxygen atoms in total. The quantitative estimate of drug-likeness (QED) is 0.405. The van der Waals surface area contributed by atoms with E-state index in [1.165, 1.54) is 0 Å². The van der Waals surface area contributed by atoms with E-state index in [-0.39, 0.29) is 33.8 Å². The van der Waals surface area contributed by atoms with Gasteiger partial charge in [-0.15, -0.1) is 0 Å². The Morgan fingerprint density at radius 3 is 1.12 bits per heavy atom. The number of aliphatic carboxylic acids is 2. The predicted molar refractivity (Wildman–Crippen MR) is 20.3 cm³/mol. The van der Waals surface area contributed by atoms with Gasteiger partial charge in [0.25, 0.3) is 0 Å². The Morgan fingerprint density at radius 2 is 1.12 bits per heavy atom. The second-order valence-corrected chi connectivity index (χ2v) is 0.610. The van der Waals surface area contributed by atoms with Crippen molar-refractivity contribution < 1.29 is 47.5 Å². The summed E-state index contributed by atoms with van der Waals surface area (Å²) in [7, 11) is 0. The Labute approximate surface area is 65.8 Å². The molecule has 0 aromatic heterocycles. The zero-order chi connectivity index (χ0) is 5.15. The molecule has 0 amide bonds. The van der Waals surface area contributed by atoms with Crippen LogP contribution in [-0.4, -0.2) is 22.2 Å². The van der Waals surface area contributed by atoms with Crippen LogP contribution in [0.15, 0.2) is 0 Å². The zero-order valence-electron chi connectivity index (χ0n) is 4.13. The maximum Gasteiger partial charge on any atom is 0.414 e. The van der Waals surface area contributed by atoms with Crippen LogP contribution in [0.2, 0.25) is 0 Å². The van der Waals surface area contributed by atoms with Gasteiger partial charge in [0, 0.05) is 27.7 Å². The number of hydrogen-bond acceptors (Lipinski definition) is 3. The fraction of sp³-hybridized carbons (Fsp3) is 0. The Morgan fingerprint density at radius 1 is 1.00 bits per heavy atom. The minimum Gasteiger partial charge on any atom is -0.473 e. The average Bonchev–Trinajstić information content (AvgIpc) is 1.36. The van der Waals surface area contributed by atoms with Gasteiger partial charge in [0.05, 0.1) is 0 Å². The number of hydrogen-bond donors (Lipinski definition) is 3. The third kappa shape index (κ3) is 9.27. The topological polar surface area (TPSA) is 110 Å². The van der Waals surface area contributed by atoms with Gasteiger partial charge in [-0.2, -0.15) is 0 Å². The predicted octanol–water partition coefficient (Wildman–Crippen LogP) is -0.685. The van der Waals surface area contributed by atoms with E-state index in [1.54, 1.807) is 0 Å². The Bertz CT molecular complexity index is 80.0. The van der Waals surface area contributed by atoms with Crippen molar-refractivity contribution in [2.45, 2.75) is 0 Å². The summed E-state index contributed by atoms with van der Waals surface area (Å²) in [6.07, 6.45) is 0. The van der Waals surface area contributed by atoms with Crippen LogP contribution in [0, 0.1) is 0 Å². The molecule has 0 aliphatic carbocycles. The SMILES string of the molecule is N.O=C(O)C(=O)O.[Hg]. The molecule has 0 atom stereocenters. The molecule has 0 saturated carbocycles. The van der Waals surface area contributed by atoms with Gasteiger partial charge in [-0.05, 0) is 0 Å². The Kier molecular flexibility index (Phi) is 13.4. The molecule has 0 aliphatic rings. The second-order valence-electron chi connectivity index (χ2n) is 0.610. The van der Waals surface area contributed by atoms with Crippen molar-refractivity contribution in [1.82, 2.24) is 6.15 Å². The Hall–Kier alpha value is -0.165. The van der Waals surface area contributed by atoms with Gasteiger partial charge in [0.15, 0.2) is 0 Å². The molecule has 44 valence electrons. The first-order valence-electron chi connectivity index (χ1n) is 1.11. The van der Waals surface area contributed by atoms with Crippen molar-refractivity contribution in [3.63, 3.8) is 0 Å². The maximum atomic E-state index is 9.10. The monoisotopic (exact) mass is 309 g/mol. The molecule has 0 unspecified atom stereocenters. The molecule has 8 heavy (non-hydrogen) atoms. The van der Waals surface area contributed by atoms with Crippen molar-refractivity contribution in [3.05, 3.63) is 0 Å². The first-order valence-corrected chi connectivity index (χ1v) is 1.11. The van der Waals surface area contributed by atoms with E-state index in [1.807, 2.05) is 0 Å². The van der Waals surface area contributed by atoms with Gasteiger partial charge in [-0.25, -0.2) is 9.59 Å². The summed E-state index contributed by atoms with van der Waals surface area (Å²) >= 11 is 0. The molecule has 0 saturated heterocycles. The molecular weight excluding hydrogens is 303 g/mol. The zero-order valence-corrected chi connectivity index (χ0v) is 9.62. The molecule has 0 heterocycles. The molecule has 0 radical (unpaired) electrons. The van der Waals surface area contributed by atoms with Crippen LogP contribution < -0.4 is 6.15 Å². The van der Waals surface area contributed by atoms with E-state index in [0.29, 0.717) is 0 Å². The normalized spacial score (nSPS) is 5.50. The van der Waals surface area contributed by atoms with Crippen LogP contribution >= 0.6 is 0 Å². The number of carboxylic acids is 2. The summed E-state index contributed by atoms with van der Waals surface area (Å²) in [5, 5.41) is 14.8. The van der Waals surface area contributed by atoms with Crippen molar-refractivity contribution in [2.24, 2.45) is 0 Å². The van der Waals surface area contributed by atoms with Gasteiger partial charge in [0.2, 0.25) is 0 Å². The van der Waals surface area contributed by atoms with Gasteiger partial charge < -0.3 is 16.4 Å². The fourth-order valence-electron chi connectivity index (χ4n) is 0. The minimum absolute atomic E-state index is 0. The van der Waals surface area contributed by atoms with E-state index >= 15 is 0 Å². The third-order valence-corrected chi connectivity index (χ3v) is 0.183. The van der Waals surface area contributed by atoms with Gasteiger partial charge >= 0.3 is 11.9 Å². The van der Waals surface area contributed by atoms with Crippen molar-refractivity contribution in [3.8, 4) is 0 Å². The van der Waals surface area contributed by atoms with E-state index in [0.717, 1.165) is 0 Å². The van der Waals surface area contributed by atoms with E-state index < -0.39 is 11.9 Å². The standard InChI is InChI=1S/C2H2O4.Hg.H3N/c3-1(4)2(5)6;;/h(H,3,4)(H,5,6);;1H3. The molecule has 6 heteroatoms. The number of carbonyl (C=O) groups is 2. The van der Waals surface area contributed by atoms with Gasteiger partial charge in [-0.1, -0.05) is 0 Å². The summed E-state index contributed by atoms with van der Waals surface area (Å²) in [6.45, 7) is 0. The second kappa shape index (κ2) is 6.84. The van der Waals surface area contributed by atoms with Crippen LogP contribution in [0.3, 0.4) is 0 Å². The van der Waals surface area contributed by atoms with E-state index in [2.05, 4.69) is 0 Å². The van der Waals surface area contributed by atoms with Crippen molar-refractivity contribution in [1.29, 1.82) is 0 Å². The average molecular weight is 308 g/mol. The molecule has 5 N–H and O–H groups in total. The molecule has 0 bridgehead atoms. The summed E-state index contributed by atoms with van der Waals surface area (Å²) < 4.78 is 0. The van der Waals surface area contributed by atoms with Crippen molar-refractivity contribution >= 4 is 11.9 Å². The molecule has 0 aromatic rings. The summed E-state index contributed by atoms with van der Waals surface area (Å²) in [6, 6.07) is 0. The molecule has 0 fully saturated rings.